The lowest BCUT2D eigenvalue weighted by Crippen LogP contribution is -2.45. The highest BCUT2D eigenvalue weighted by molar-refractivity contribution is 7.89. The summed E-state index contributed by atoms with van der Waals surface area (Å²) in [5, 5.41) is 6.68. The molecule has 156 valence electrons. The highest BCUT2D eigenvalue weighted by Crippen LogP contribution is 2.19. The molecular weight excluding hydrogens is 388 g/mol. The summed E-state index contributed by atoms with van der Waals surface area (Å²) < 4.78 is 27.0. The lowest BCUT2D eigenvalue weighted by atomic mass is 10.3. The van der Waals surface area contributed by atoms with E-state index in [1.165, 1.54) is 18.0 Å². The predicted octanol–water partition coefficient (Wildman–Crippen LogP) is 1.19. The number of pyridine rings is 1. The minimum absolute atomic E-state index is 0.154. The van der Waals surface area contributed by atoms with Crippen LogP contribution in [0.4, 0.5) is 5.69 Å². The lowest BCUT2D eigenvalue weighted by Gasteiger charge is -2.20. The zero-order valence-corrected chi connectivity index (χ0v) is 17.4. The molecule has 9 heteroatoms. The summed E-state index contributed by atoms with van der Waals surface area (Å²) in [5.74, 6) is 0.702. The van der Waals surface area contributed by atoms with E-state index in [0.717, 1.165) is 26.1 Å². The van der Waals surface area contributed by atoms with E-state index < -0.39 is 10.0 Å². The van der Waals surface area contributed by atoms with Gasteiger partial charge in [-0.1, -0.05) is 18.2 Å². The van der Waals surface area contributed by atoms with Crippen molar-refractivity contribution < 1.29 is 8.42 Å². The summed E-state index contributed by atoms with van der Waals surface area (Å²) in [4.78, 5) is 10.9. The Morgan fingerprint density at radius 3 is 2.79 bits per heavy atom. The van der Waals surface area contributed by atoms with Gasteiger partial charge in [-0.2, -0.15) is 0 Å². The second kappa shape index (κ2) is 10.2. The Balaban J connectivity index is 1.50. The van der Waals surface area contributed by atoms with Gasteiger partial charge in [0.15, 0.2) is 5.96 Å². The minimum Gasteiger partial charge on any atom is -0.369 e. The van der Waals surface area contributed by atoms with Gasteiger partial charge < -0.3 is 15.5 Å². The third-order valence-electron chi connectivity index (χ3n) is 4.61. The molecule has 0 bridgehead atoms. The fraction of sp³-hybridized carbons (Fsp3) is 0.400. The average Bonchev–Trinajstić information content (AvgIpc) is 3.21. The van der Waals surface area contributed by atoms with Crippen LogP contribution in [0.1, 0.15) is 13.3 Å². The summed E-state index contributed by atoms with van der Waals surface area (Å²) >= 11 is 0. The number of aromatic nitrogens is 1. The predicted molar refractivity (Wildman–Crippen MR) is 116 cm³/mol. The molecule has 3 N–H and O–H groups in total. The molecule has 0 spiro atoms. The normalized spacial score (nSPS) is 17.3. The van der Waals surface area contributed by atoms with Crippen LogP contribution in [-0.2, 0) is 10.0 Å². The molecule has 0 saturated carbocycles. The first kappa shape index (κ1) is 21.1. The van der Waals surface area contributed by atoms with Crippen LogP contribution in [0.5, 0.6) is 0 Å². The zero-order valence-electron chi connectivity index (χ0n) is 16.6. The quantitative estimate of drug-likeness (QED) is 0.340. The maximum Gasteiger partial charge on any atom is 0.242 e. The molecule has 2 aromatic rings. The summed E-state index contributed by atoms with van der Waals surface area (Å²) in [6.07, 6.45) is 3.89. The number of nitrogens with one attached hydrogen (secondary N) is 3. The number of nitrogens with zero attached hydrogens (tertiary/aromatic N) is 3. The first-order chi connectivity index (χ1) is 14.1. The van der Waals surface area contributed by atoms with Crippen molar-refractivity contribution >= 4 is 21.7 Å². The van der Waals surface area contributed by atoms with Crippen molar-refractivity contribution in [1.82, 2.24) is 20.3 Å². The minimum atomic E-state index is -3.56. The molecule has 0 amide bonds. The number of rotatable bonds is 8. The largest absolute Gasteiger partial charge is 0.369 e. The molecule has 2 heterocycles. The Morgan fingerprint density at radius 1 is 1.24 bits per heavy atom. The number of para-hydroxylation sites is 1. The van der Waals surface area contributed by atoms with Crippen LogP contribution in [0.3, 0.4) is 0 Å². The average molecular weight is 417 g/mol. The van der Waals surface area contributed by atoms with Crippen LogP contribution in [0, 0.1) is 0 Å². The molecule has 1 aliphatic heterocycles. The molecule has 1 atom stereocenters. The van der Waals surface area contributed by atoms with Gasteiger partial charge in [-0.25, -0.2) is 13.1 Å². The Morgan fingerprint density at radius 2 is 2.07 bits per heavy atom. The first-order valence-electron chi connectivity index (χ1n) is 9.83. The molecule has 3 rings (SSSR count). The summed E-state index contributed by atoms with van der Waals surface area (Å²) in [6, 6.07) is 13.8. The van der Waals surface area contributed by atoms with E-state index in [-0.39, 0.29) is 11.4 Å². The van der Waals surface area contributed by atoms with E-state index >= 15 is 0 Å². The van der Waals surface area contributed by atoms with Crippen molar-refractivity contribution in [2.75, 3.05) is 37.6 Å². The number of aliphatic imine (C=N–C) groups is 1. The van der Waals surface area contributed by atoms with Gasteiger partial charge in [-0.15, -0.1) is 0 Å². The van der Waals surface area contributed by atoms with Gasteiger partial charge in [0.2, 0.25) is 10.0 Å². The standard InChI is InChI=1S/C20H28N6O2S/c1-2-22-20(23-12-13-24-29(27,28)19-9-6-11-21-15-19)25-17-10-14-26(16-17)18-7-4-3-5-8-18/h3-9,11,15,17,24H,2,10,12-14,16H2,1H3,(H2,22,23,25). The molecule has 0 radical (unpaired) electrons. The van der Waals surface area contributed by atoms with E-state index in [2.05, 4.69) is 42.4 Å². The molecule has 0 aliphatic carbocycles. The highest BCUT2D eigenvalue weighted by Gasteiger charge is 2.23. The van der Waals surface area contributed by atoms with Gasteiger partial charge in [-0.05, 0) is 37.6 Å². The SMILES string of the molecule is CCNC(=NCCNS(=O)(=O)c1cccnc1)NC1CCN(c2ccccc2)C1. The number of benzene rings is 1. The lowest BCUT2D eigenvalue weighted by molar-refractivity contribution is 0.581. The smallest absolute Gasteiger partial charge is 0.242 e. The van der Waals surface area contributed by atoms with E-state index in [4.69, 9.17) is 0 Å². The van der Waals surface area contributed by atoms with Crippen LogP contribution >= 0.6 is 0 Å². The van der Waals surface area contributed by atoms with Crippen LogP contribution in [0.15, 0.2) is 64.7 Å². The summed E-state index contributed by atoms with van der Waals surface area (Å²) in [7, 11) is -3.56. The van der Waals surface area contributed by atoms with Gasteiger partial charge in [0.25, 0.3) is 0 Å². The van der Waals surface area contributed by atoms with Crippen LogP contribution < -0.4 is 20.3 Å². The second-order valence-corrected chi connectivity index (χ2v) is 8.53. The van der Waals surface area contributed by atoms with Crippen LogP contribution in [-0.4, -0.2) is 58.1 Å². The maximum absolute atomic E-state index is 12.2. The van der Waals surface area contributed by atoms with Gasteiger partial charge in [0.05, 0.1) is 6.54 Å². The van der Waals surface area contributed by atoms with Crippen molar-refractivity contribution in [3.63, 3.8) is 0 Å². The maximum atomic E-state index is 12.2. The molecule has 1 fully saturated rings. The van der Waals surface area contributed by atoms with E-state index in [1.54, 1.807) is 12.3 Å². The number of anilines is 1. The molecule has 8 nitrogen and oxygen atoms in total. The van der Waals surface area contributed by atoms with E-state index in [1.807, 2.05) is 25.1 Å². The van der Waals surface area contributed by atoms with Gasteiger partial charge >= 0.3 is 0 Å². The third kappa shape index (κ3) is 6.16. The Labute approximate surface area is 172 Å². The van der Waals surface area contributed by atoms with Crippen LogP contribution in [0.25, 0.3) is 0 Å². The number of guanidine groups is 1. The van der Waals surface area contributed by atoms with Crippen molar-refractivity contribution in [2.45, 2.75) is 24.3 Å². The molecular formula is C20H28N6O2S. The van der Waals surface area contributed by atoms with Gasteiger partial charge in [-0.3, -0.25) is 9.98 Å². The molecule has 1 aromatic carbocycles. The van der Waals surface area contributed by atoms with Crippen molar-refractivity contribution in [3.05, 3.63) is 54.9 Å². The molecule has 1 unspecified atom stereocenters. The Kier molecular flexibility index (Phi) is 7.42. The van der Waals surface area contributed by atoms with Crippen molar-refractivity contribution in [3.8, 4) is 0 Å². The third-order valence-corrected chi connectivity index (χ3v) is 6.06. The van der Waals surface area contributed by atoms with Gasteiger partial charge in [0.1, 0.15) is 4.90 Å². The fourth-order valence-electron chi connectivity index (χ4n) is 3.20. The summed E-state index contributed by atoms with van der Waals surface area (Å²) in [6.45, 7) is 5.20. The summed E-state index contributed by atoms with van der Waals surface area (Å²) in [5.41, 5.74) is 1.23. The van der Waals surface area contributed by atoms with Crippen molar-refractivity contribution in [1.29, 1.82) is 0 Å². The number of hydrogen-bond acceptors (Lipinski definition) is 5. The number of hydrogen-bond donors (Lipinski definition) is 3. The highest BCUT2D eigenvalue weighted by atomic mass is 32.2. The fourth-order valence-corrected chi connectivity index (χ4v) is 4.19. The Hall–Kier alpha value is -2.65. The topological polar surface area (TPSA) is 98.7 Å². The zero-order chi connectivity index (χ0) is 20.5. The Bertz CT molecular complexity index is 890. The molecule has 1 aromatic heterocycles. The first-order valence-corrected chi connectivity index (χ1v) is 11.3. The van der Waals surface area contributed by atoms with Gasteiger partial charge in [0, 0.05) is 50.3 Å². The monoisotopic (exact) mass is 416 g/mol. The van der Waals surface area contributed by atoms with E-state index in [0.29, 0.717) is 18.5 Å². The molecule has 1 aliphatic rings. The molecule has 29 heavy (non-hydrogen) atoms. The van der Waals surface area contributed by atoms with Crippen LogP contribution in [0.2, 0.25) is 0 Å². The second-order valence-electron chi connectivity index (χ2n) is 6.76. The van der Waals surface area contributed by atoms with E-state index in [9.17, 15) is 8.42 Å². The molecule has 1 saturated heterocycles. The van der Waals surface area contributed by atoms with Crippen molar-refractivity contribution in [2.24, 2.45) is 4.99 Å². The number of sulfonamides is 1.